The third kappa shape index (κ3) is 2.79. The molecule has 1 aromatic carbocycles. The molecule has 0 N–H and O–H groups in total. The minimum absolute atomic E-state index is 0.000585. The third-order valence-electron chi connectivity index (χ3n) is 3.07. The summed E-state index contributed by atoms with van der Waals surface area (Å²) in [6, 6.07) is 8.25. The summed E-state index contributed by atoms with van der Waals surface area (Å²) >= 11 is 7.73. The fourth-order valence-electron chi connectivity index (χ4n) is 1.51. The summed E-state index contributed by atoms with van der Waals surface area (Å²) in [4.78, 5) is 6.88. The molecule has 2 aromatic rings. The Morgan fingerprint density at radius 3 is 2.71 bits per heavy atom. The molecule has 0 saturated carbocycles. The predicted molar refractivity (Wildman–Crippen MR) is 75.9 cm³/mol. The maximum absolute atomic E-state index is 5.97. The molecule has 1 aromatic heterocycles. The maximum Gasteiger partial charge on any atom is 0.108 e. The predicted octanol–water partition coefficient (Wildman–Crippen LogP) is 3.75. The molecular weight excluding hydrogens is 252 g/mol. The molecule has 2 rings (SSSR count). The molecule has 0 amide bonds. The van der Waals surface area contributed by atoms with Gasteiger partial charge in [-0.3, -0.25) is 4.90 Å². The summed E-state index contributed by atoms with van der Waals surface area (Å²) in [5.41, 5.74) is 1.09. The second-order valence-corrected chi connectivity index (χ2v) is 6.26. The molecule has 4 heteroatoms. The Balaban J connectivity index is 2.18. The summed E-state index contributed by atoms with van der Waals surface area (Å²) < 4.78 is 1.25. The van der Waals surface area contributed by atoms with Crippen LogP contribution in [-0.4, -0.2) is 28.4 Å². The number of thiazole rings is 1. The molecule has 2 nitrogen and oxygen atoms in total. The minimum Gasteiger partial charge on any atom is -0.293 e. The molecule has 0 saturated heterocycles. The first-order valence-electron chi connectivity index (χ1n) is 5.64. The van der Waals surface area contributed by atoms with Crippen LogP contribution >= 0.6 is 22.9 Å². The number of rotatable bonds is 4. The van der Waals surface area contributed by atoms with Crippen molar-refractivity contribution in [2.75, 3.05) is 12.9 Å². The van der Waals surface area contributed by atoms with Crippen LogP contribution in [0.25, 0.3) is 10.2 Å². The van der Waals surface area contributed by atoms with Crippen LogP contribution < -0.4 is 0 Å². The van der Waals surface area contributed by atoms with Gasteiger partial charge in [-0.25, -0.2) is 4.98 Å². The van der Waals surface area contributed by atoms with E-state index in [-0.39, 0.29) is 5.54 Å². The molecular formula is C13H17ClN2S. The van der Waals surface area contributed by atoms with E-state index in [2.05, 4.69) is 49.0 Å². The number of para-hydroxylation sites is 1. The highest BCUT2D eigenvalue weighted by atomic mass is 35.5. The fraction of sp³-hybridized carbons (Fsp3) is 0.462. The van der Waals surface area contributed by atoms with Crippen LogP contribution in [0.2, 0.25) is 0 Å². The van der Waals surface area contributed by atoms with Gasteiger partial charge in [-0.2, -0.15) is 0 Å². The maximum atomic E-state index is 5.97. The molecule has 0 aliphatic heterocycles. The monoisotopic (exact) mass is 268 g/mol. The van der Waals surface area contributed by atoms with Crippen molar-refractivity contribution in [2.45, 2.75) is 25.9 Å². The van der Waals surface area contributed by atoms with Crippen LogP contribution in [0.5, 0.6) is 0 Å². The largest absolute Gasteiger partial charge is 0.293 e. The van der Waals surface area contributed by atoms with Crippen LogP contribution in [0, 0.1) is 0 Å². The lowest BCUT2D eigenvalue weighted by Gasteiger charge is -2.33. The molecule has 0 unspecified atom stereocenters. The van der Waals surface area contributed by atoms with E-state index in [1.54, 1.807) is 11.3 Å². The van der Waals surface area contributed by atoms with Gasteiger partial charge in [0.1, 0.15) is 5.01 Å². The van der Waals surface area contributed by atoms with Crippen LogP contribution in [-0.2, 0) is 6.54 Å². The van der Waals surface area contributed by atoms with Crippen molar-refractivity contribution in [2.24, 2.45) is 0 Å². The van der Waals surface area contributed by atoms with Crippen LogP contribution in [0.1, 0.15) is 18.9 Å². The highest BCUT2D eigenvalue weighted by Gasteiger charge is 2.23. The van der Waals surface area contributed by atoms with Crippen molar-refractivity contribution in [3.8, 4) is 0 Å². The van der Waals surface area contributed by atoms with E-state index < -0.39 is 0 Å². The fourth-order valence-corrected chi connectivity index (χ4v) is 2.73. The van der Waals surface area contributed by atoms with Gasteiger partial charge in [-0.05, 0) is 33.0 Å². The minimum atomic E-state index is -0.000585. The lowest BCUT2D eigenvalue weighted by Crippen LogP contribution is -2.42. The molecule has 17 heavy (non-hydrogen) atoms. The summed E-state index contributed by atoms with van der Waals surface area (Å²) in [5, 5.41) is 1.15. The van der Waals surface area contributed by atoms with Crippen LogP contribution in [0.4, 0.5) is 0 Å². The van der Waals surface area contributed by atoms with E-state index in [4.69, 9.17) is 11.6 Å². The van der Waals surface area contributed by atoms with Crippen LogP contribution in [0.15, 0.2) is 24.3 Å². The molecule has 0 fully saturated rings. The summed E-state index contributed by atoms with van der Waals surface area (Å²) in [5.74, 6) is 0.619. The van der Waals surface area contributed by atoms with E-state index in [0.29, 0.717) is 5.88 Å². The first-order valence-corrected chi connectivity index (χ1v) is 7.00. The highest BCUT2D eigenvalue weighted by molar-refractivity contribution is 7.18. The number of halogens is 1. The first-order chi connectivity index (χ1) is 8.03. The van der Waals surface area contributed by atoms with Crippen molar-refractivity contribution in [3.63, 3.8) is 0 Å². The van der Waals surface area contributed by atoms with E-state index in [9.17, 15) is 0 Å². The van der Waals surface area contributed by atoms with E-state index in [1.165, 1.54) is 4.70 Å². The molecule has 0 radical (unpaired) electrons. The van der Waals surface area contributed by atoms with Crippen molar-refractivity contribution >= 4 is 33.2 Å². The average Bonchev–Trinajstić information content (AvgIpc) is 2.70. The number of fused-ring (bicyclic) bond motifs is 1. The van der Waals surface area contributed by atoms with E-state index in [1.807, 2.05) is 6.07 Å². The van der Waals surface area contributed by atoms with Crippen molar-refractivity contribution in [3.05, 3.63) is 29.3 Å². The van der Waals surface area contributed by atoms with Crippen LogP contribution in [0.3, 0.4) is 0 Å². The number of nitrogens with zero attached hydrogens (tertiary/aromatic N) is 2. The van der Waals surface area contributed by atoms with Gasteiger partial charge in [0.25, 0.3) is 0 Å². The Hall–Kier alpha value is -0.640. The van der Waals surface area contributed by atoms with Gasteiger partial charge in [-0.15, -0.1) is 22.9 Å². The Morgan fingerprint density at radius 1 is 1.35 bits per heavy atom. The highest BCUT2D eigenvalue weighted by Crippen LogP contribution is 2.24. The lowest BCUT2D eigenvalue weighted by atomic mass is 10.1. The Labute approximate surface area is 111 Å². The molecule has 0 aliphatic rings. The number of hydrogen-bond donors (Lipinski definition) is 0. The van der Waals surface area contributed by atoms with Gasteiger partial charge in [-0.1, -0.05) is 12.1 Å². The van der Waals surface area contributed by atoms with E-state index in [0.717, 1.165) is 17.1 Å². The zero-order valence-electron chi connectivity index (χ0n) is 10.4. The molecule has 0 bridgehead atoms. The van der Waals surface area contributed by atoms with Gasteiger partial charge >= 0.3 is 0 Å². The normalized spacial score (nSPS) is 12.5. The topological polar surface area (TPSA) is 16.1 Å². The molecule has 1 heterocycles. The van der Waals surface area contributed by atoms with E-state index >= 15 is 0 Å². The third-order valence-corrected chi connectivity index (χ3v) is 4.75. The summed E-state index contributed by atoms with van der Waals surface area (Å²) in [7, 11) is 2.09. The van der Waals surface area contributed by atoms with Crippen molar-refractivity contribution in [1.82, 2.24) is 9.88 Å². The summed E-state index contributed by atoms with van der Waals surface area (Å²) in [6.07, 6.45) is 0. The van der Waals surface area contributed by atoms with Crippen molar-refractivity contribution in [1.29, 1.82) is 0 Å². The molecule has 0 spiro atoms. The van der Waals surface area contributed by atoms with Gasteiger partial charge in [0, 0.05) is 11.4 Å². The van der Waals surface area contributed by atoms with Crippen molar-refractivity contribution < 1.29 is 0 Å². The smallest absolute Gasteiger partial charge is 0.108 e. The van der Waals surface area contributed by atoms with Gasteiger partial charge in [0.05, 0.1) is 16.8 Å². The van der Waals surface area contributed by atoms with Gasteiger partial charge in [0.2, 0.25) is 0 Å². The number of hydrogen-bond acceptors (Lipinski definition) is 3. The van der Waals surface area contributed by atoms with Gasteiger partial charge in [0.15, 0.2) is 0 Å². The Morgan fingerprint density at radius 2 is 2.06 bits per heavy atom. The number of aromatic nitrogens is 1. The molecule has 92 valence electrons. The second kappa shape index (κ2) is 4.92. The SMILES string of the molecule is CN(Cc1nc2ccccc2s1)C(C)(C)CCl. The quantitative estimate of drug-likeness (QED) is 0.785. The first kappa shape index (κ1) is 12.8. The Bertz CT molecular complexity index is 474. The molecule has 0 aliphatic carbocycles. The second-order valence-electron chi connectivity index (χ2n) is 4.88. The molecule has 0 atom stereocenters. The number of benzene rings is 1. The standard InChI is InChI=1S/C13H17ClN2S/c1-13(2,9-14)16(3)8-12-15-10-6-4-5-7-11(10)17-12/h4-7H,8-9H2,1-3H3. The average molecular weight is 269 g/mol. The number of alkyl halides is 1. The zero-order valence-corrected chi connectivity index (χ0v) is 12.0. The van der Waals surface area contributed by atoms with Gasteiger partial charge < -0.3 is 0 Å². The summed E-state index contributed by atoms with van der Waals surface area (Å²) in [6.45, 7) is 5.14. The zero-order chi connectivity index (χ0) is 12.5. The lowest BCUT2D eigenvalue weighted by molar-refractivity contribution is 0.170. The Kier molecular flexibility index (Phi) is 3.71.